The zero-order valence-corrected chi connectivity index (χ0v) is 12.2. The summed E-state index contributed by atoms with van der Waals surface area (Å²) in [4.78, 5) is 41.1. The number of hydrogen-bond acceptors (Lipinski definition) is 6. The van der Waals surface area contributed by atoms with E-state index in [0.29, 0.717) is 11.3 Å². The molecule has 112 valence electrons. The first kappa shape index (κ1) is 14.9. The number of aliphatic imine (C=N–C) groups is 1. The van der Waals surface area contributed by atoms with E-state index in [9.17, 15) is 14.4 Å². The third-order valence-electron chi connectivity index (χ3n) is 3.41. The molecular weight excluding hydrogens is 278 g/mol. The summed E-state index contributed by atoms with van der Waals surface area (Å²) in [5.41, 5.74) is 0.695. The van der Waals surface area contributed by atoms with Gasteiger partial charge in [0.25, 0.3) is 5.84 Å². The van der Waals surface area contributed by atoms with Crippen LogP contribution in [0.1, 0.15) is 6.92 Å². The first-order valence-corrected chi connectivity index (χ1v) is 6.24. The summed E-state index contributed by atoms with van der Waals surface area (Å²) in [5.74, 6) is -1.35. The van der Waals surface area contributed by atoms with E-state index in [2.05, 4.69) is 9.73 Å². The van der Waals surface area contributed by atoms with Gasteiger partial charge >= 0.3 is 17.9 Å². The van der Waals surface area contributed by atoms with Gasteiger partial charge < -0.3 is 9.47 Å². The van der Waals surface area contributed by atoms with Crippen LogP contribution in [0.25, 0.3) is 0 Å². The second-order valence-electron chi connectivity index (χ2n) is 4.64. The van der Waals surface area contributed by atoms with E-state index in [-0.39, 0.29) is 5.84 Å². The van der Waals surface area contributed by atoms with E-state index in [1.54, 1.807) is 6.92 Å². The monoisotopic (exact) mass is 294 g/mol. The van der Waals surface area contributed by atoms with Gasteiger partial charge in [0.05, 0.1) is 21.3 Å². The Labute approximate surface area is 121 Å². The highest BCUT2D eigenvalue weighted by atomic mass is 16.5. The highest BCUT2D eigenvalue weighted by Gasteiger charge is 2.50. The van der Waals surface area contributed by atoms with Crippen molar-refractivity contribution in [1.29, 1.82) is 0 Å². The first-order chi connectivity index (χ1) is 9.92. The maximum atomic E-state index is 12.5. The topological polar surface area (TPSA) is 88.3 Å². The van der Waals surface area contributed by atoms with Crippen LogP contribution in [-0.2, 0) is 19.1 Å². The average molecular weight is 294 g/mol. The van der Waals surface area contributed by atoms with Gasteiger partial charge in [0.1, 0.15) is 12.0 Å². The number of imide groups is 1. The van der Waals surface area contributed by atoms with Gasteiger partial charge in [-0.05, 0) is 6.92 Å². The molecule has 2 rings (SSSR count). The van der Waals surface area contributed by atoms with Gasteiger partial charge in [-0.25, -0.2) is 9.59 Å². The summed E-state index contributed by atoms with van der Waals surface area (Å²) in [6.07, 6.45) is 1.54. The third-order valence-corrected chi connectivity index (χ3v) is 3.41. The number of allylic oxidation sites excluding steroid dienone is 1. The predicted octanol–water partition coefficient (Wildman–Crippen LogP) is -0.217. The minimum atomic E-state index is -0.827. The second kappa shape index (κ2) is 5.47. The van der Waals surface area contributed by atoms with E-state index in [1.165, 1.54) is 32.1 Å². The largest absolute Gasteiger partial charge is 0.499 e. The molecule has 0 aromatic rings. The van der Waals surface area contributed by atoms with Gasteiger partial charge in [0.15, 0.2) is 12.5 Å². The van der Waals surface area contributed by atoms with Gasteiger partial charge in [-0.2, -0.15) is 9.48 Å². The predicted molar refractivity (Wildman–Crippen MR) is 72.0 cm³/mol. The molecule has 1 atom stereocenters. The number of fused-ring (bicyclic) bond motifs is 1. The molecule has 2 aliphatic heterocycles. The molecule has 21 heavy (non-hydrogen) atoms. The summed E-state index contributed by atoms with van der Waals surface area (Å²) < 4.78 is 11.0. The zero-order chi connectivity index (χ0) is 15.7. The van der Waals surface area contributed by atoms with Crippen molar-refractivity contribution in [2.45, 2.75) is 6.92 Å². The van der Waals surface area contributed by atoms with Gasteiger partial charge in [-0.3, -0.25) is 4.79 Å². The lowest BCUT2D eigenvalue weighted by Crippen LogP contribution is -2.56. The van der Waals surface area contributed by atoms with Gasteiger partial charge in [-0.1, -0.05) is 0 Å². The molecule has 0 radical (unpaired) electrons. The maximum Gasteiger partial charge on any atom is 0.446 e. The third kappa shape index (κ3) is 2.32. The van der Waals surface area contributed by atoms with Crippen molar-refractivity contribution in [2.75, 3.05) is 27.8 Å². The minimum Gasteiger partial charge on any atom is -0.499 e. The van der Waals surface area contributed by atoms with Crippen molar-refractivity contribution in [1.82, 2.24) is 4.90 Å². The number of methoxy groups -OCH3 is 2. The maximum absolute atomic E-state index is 12.5. The molecule has 0 saturated carbocycles. The summed E-state index contributed by atoms with van der Waals surface area (Å²) in [5, 5.41) is 0. The molecule has 2 aliphatic rings. The van der Waals surface area contributed by atoms with Crippen molar-refractivity contribution in [2.24, 2.45) is 10.9 Å². The number of amidine groups is 1. The molecule has 1 unspecified atom stereocenters. The van der Waals surface area contributed by atoms with E-state index in [4.69, 9.17) is 4.74 Å². The molecular formula is C13H16N3O5+. The van der Waals surface area contributed by atoms with Crippen LogP contribution < -0.4 is 0 Å². The molecule has 2 heterocycles. The van der Waals surface area contributed by atoms with Crippen LogP contribution in [0.4, 0.5) is 4.79 Å². The van der Waals surface area contributed by atoms with Crippen molar-refractivity contribution >= 4 is 30.0 Å². The fraction of sp³-hybridized carbons (Fsp3) is 0.462. The standard InChI is InChI=1S/C13H16N3O5/c1-7-5-14-11-9(10(7)21-4)12(18)16(6-8(17)20-3)13(19)15(11)2/h5,9H,6H2,1-4H3/q+1. The molecule has 0 spiro atoms. The fourth-order valence-corrected chi connectivity index (χ4v) is 2.30. The molecule has 8 nitrogen and oxygen atoms in total. The number of urea groups is 1. The number of rotatable bonds is 3. The SMILES string of the molecule is COC(=O)CN1C(=O)C2C(OC)=C(C)C=NC2=[N+](C)C1=O. The number of dihydropyridines is 1. The van der Waals surface area contributed by atoms with Gasteiger partial charge in [0.2, 0.25) is 0 Å². The molecule has 0 bridgehead atoms. The van der Waals surface area contributed by atoms with Crippen molar-refractivity contribution in [3.05, 3.63) is 11.3 Å². The number of esters is 1. The minimum absolute atomic E-state index is 0.286. The quantitative estimate of drug-likeness (QED) is 0.530. The Bertz CT molecular complexity index is 617. The summed E-state index contributed by atoms with van der Waals surface area (Å²) >= 11 is 0. The number of nitrogens with zero attached hydrogens (tertiary/aromatic N) is 3. The van der Waals surface area contributed by atoms with Crippen molar-refractivity contribution in [3.8, 4) is 0 Å². The van der Waals surface area contributed by atoms with E-state index in [0.717, 1.165) is 4.90 Å². The van der Waals surface area contributed by atoms with Crippen LogP contribution in [0.2, 0.25) is 0 Å². The Kier molecular flexibility index (Phi) is 3.88. The average Bonchev–Trinajstić information content (AvgIpc) is 2.48. The Hall–Kier alpha value is -2.51. The van der Waals surface area contributed by atoms with Crippen LogP contribution in [0.15, 0.2) is 16.3 Å². The summed E-state index contributed by atoms with van der Waals surface area (Å²) in [7, 11) is 4.13. The van der Waals surface area contributed by atoms with E-state index in [1.807, 2.05) is 0 Å². The number of carbonyl (C=O) groups is 3. The van der Waals surface area contributed by atoms with E-state index < -0.39 is 30.4 Å². The molecule has 0 aromatic carbocycles. The number of ether oxygens (including phenoxy) is 2. The lowest BCUT2D eigenvalue weighted by molar-refractivity contribution is -0.408. The number of carbonyl (C=O) groups excluding carboxylic acids is 3. The van der Waals surface area contributed by atoms with Gasteiger partial charge in [0, 0.05) is 5.57 Å². The van der Waals surface area contributed by atoms with Gasteiger partial charge in [-0.15, -0.1) is 4.99 Å². The van der Waals surface area contributed by atoms with Crippen LogP contribution >= 0.6 is 0 Å². The van der Waals surface area contributed by atoms with Crippen LogP contribution in [0.5, 0.6) is 0 Å². The summed E-state index contributed by atoms with van der Waals surface area (Å²) in [6.45, 7) is 1.31. The number of hydrogen-bond donors (Lipinski definition) is 0. The van der Waals surface area contributed by atoms with Crippen LogP contribution in [-0.4, -0.2) is 67.2 Å². The molecule has 3 amide bonds. The Balaban J connectivity index is 2.49. The summed E-state index contributed by atoms with van der Waals surface area (Å²) in [6, 6.07) is -0.621. The van der Waals surface area contributed by atoms with E-state index >= 15 is 0 Å². The van der Waals surface area contributed by atoms with Crippen LogP contribution in [0, 0.1) is 5.92 Å². The second-order valence-corrected chi connectivity index (χ2v) is 4.64. The zero-order valence-electron chi connectivity index (χ0n) is 12.2. The highest BCUT2D eigenvalue weighted by Crippen LogP contribution is 2.27. The lowest BCUT2D eigenvalue weighted by Gasteiger charge is -2.28. The number of amides is 3. The lowest BCUT2D eigenvalue weighted by atomic mass is 9.96. The molecule has 0 fully saturated rings. The molecule has 0 saturated heterocycles. The van der Waals surface area contributed by atoms with Crippen molar-refractivity contribution < 1.29 is 28.4 Å². The Morgan fingerprint density at radius 1 is 1.43 bits per heavy atom. The fourth-order valence-electron chi connectivity index (χ4n) is 2.30. The van der Waals surface area contributed by atoms with Crippen LogP contribution in [0.3, 0.4) is 0 Å². The molecule has 0 aliphatic carbocycles. The molecule has 0 N–H and O–H groups in total. The highest BCUT2D eigenvalue weighted by molar-refractivity contribution is 6.16. The molecule has 8 heteroatoms. The first-order valence-electron chi connectivity index (χ1n) is 6.24. The smallest absolute Gasteiger partial charge is 0.446 e. The van der Waals surface area contributed by atoms with Crippen molar-refractivity contribution in [3.63, 3.8) is 0 Å². The Morgan fingerprint density at radius 3 is 2.67 bits per heavy atom. The Morgan fingerprint density at radius 2 is 2.10 bits per heavy atom. The molecule has 0 aromatic heterocycles. The normalized spacial score (nSPS) is 21.7.